The number of ether oxygens (including phenoxy) is 1. The van der Waals surface area contributed by atoms with Crippen molar-refractivity contribution in [1.82, 2.24) is 0 Å². The van der Waals surface area contributed by atoms with E-state index in [0.717, 1.165) is 36.5 Å². The second-order valence-corrected chi connectivity index (χ2v) is 6.24. The van der Waals surface area contributed by atoms with Gasteiger partial charge in [0.2, 0.25) is 0 Å². The van der Waals surface area contributed by atoms with Crippen molar-refractivity contribution in [3.63, 3.8) is 0 Å². The van der Waals surface area contributed by atoms with Crippen LogP contribution in [0, 0.1) is 23.7 Å². The number of esters is 1. The Morgan fingerprint density at radius 1 is 1.31 bits per heavy atom. The number of carbonyl (C=O) groups is 1. The average molecular weight is 220 g/mol. The van der Waals surface area contributed by atoms with Crippen molar-refractivity contribution in [2.24, 2.45) is 23.7 Å². The monoisotopic (exact) mass is 220 g/mol. The molecule has 0 heterocycles. The summed E-state index contributed by atoms with van der Waals surface area (Å²) in [5.74, 6) is 3.32. The smallest absolute Gasteiger partial charge is 0.330 e. The molecule has 0 saturated heterocycles. The van der Waals surface area contributed by atoms with Gasteiger partial charge in [0, 0.05) is 6.08 Å². The molecule has 2 heteroatoms. The van der Waals surface area contributed by atoms with E-state index in [1.807, 2.05) is 0 Å². The van der Waals surface area contributed by atoms with Crippen molar-refractivity contribution < 1.29 is 9.53 Å². The zero-order chi connectivity index (χ0) is 11.3. The van der Waals surface area contributed by atoms with E-state index in [-0.39, 0.29) is 11.6 Å². The van der Waals surface area contributed by atoms with Crippen LogP contribution in [-0.4, -0.2) is 11.6 Å². The Bertz CT molecular complexity index is 330. The summed E-state index contributed by atoms with van der Waals surface area (Å²) in [6, 6.07) is 0. The Morgan fingerprint density at radius 2 is 2.12 bits per heavy atom. The van der Waals surface area contributed by atoms with Gasteiger partial charge in [-0.2, -0.15) is 0 Å². The first-order valence-electron chi connectivity index (χ1n) is 6.45. The predicted molar refractivity (Wildman–Crippen MR) is 61.7 cm³/mol. The molecule has 3 fully saturated rings. The predicted octanol–water partition coefficient (Wildman–Crippen LogP) is 2.93. The molecule has 0 aliphatic heterocycles. The molecule has 16 heavy (non-hydrogen) atoms. The molecule has 3 aliphatic carbocycles. The molecule has 0 aromatic carbocycles. The lowest BCUT2D eigenvalue weighted by molar-refractivity contribution is -0.157. The molecule has 2 nitrogen and oxygen atoms in total. The van der Waals surface area contributed by atoms with Gasteiger partial charge in [-0.25, -0.2) is 4.79 Å². The van der Waals surface area contributed by atoms with Crippen molar-refractivity contribution in [3.8, 4) is 0 Å². The highest BCUT2D eigenvalue weighted by Gasteiger charge is 2.54. The van der Waals surface area contributed by atoms with Crippen LogP contribution in [0.2, 0.25) is 0 Å². The topological polar surface area (TPSA) is 26.3 Å². The third-order valence-corrected chi connectivity index (χ3v) is 4.99. The van der Waals surface area contributed by atoms with Crippen LogP contribution in [0.5, 0.6) is 0 Å². The molecule has 0 aromatic rings. The summed E-state index contributed by atoms with van der Waals surface area (Å²) in [5.41, 5.74) is -0.221. The quantitative estimate of drug-likeness (QED) is 0.528. The lowest BCUT2D eigenvalue weighted by atomic mass is 9.63. The van der Waals surface area contributed by atoms with Crippen LogP contribution in [0.4, 0.5) is 0 Å². The summed E-state index contributed by atoms with van der Waals surface area (Å²) in [5, 5.41) is 0. The van der Waals surface area contributed by atoms with Crippen LogP contribution in [0.1, 0.15) is 39.0 Å². The first-order chi connectivity index (χ1) is 7.59. The molecule has 0 N–H and O–H groups in total. The molecule has 3 rings (SSSR count). The Labute approximate surface area is 97.1 Å². The second-order valence-electron chi connectivity index (χ2n) is 6.24. The van der Waals surface area contributed by atoms with Crippen LogP contribution in [-0.2, 0) is 9.53 Å². The molecule has 88 valence electrons. The maximum absolute atomic E-state index is 11.4. The van der Waals surface area contributed by atoms with Gasteiger partial charge in [0.1, 0.15) is 5.60 Å². The van der Waals surface area contributed by atoms with Gasteiger partial charge >= 0.3 is 5.97 Å². The van der Waals surface area contributed by atoms with Gasteiger partial charge in [0.05, 0.1) is 0 Å². The maximum Gasteiger partial charge on any atom is 0.330 e. The Balaban J connectivity index is 1.76. The highest BCUT2D eigenvalue weighted by atomic mass is 16.6. The van der Waals surface area contributed by atoms with Crippen molar-refractivity contribution in [2.45, 2.75) is 44.6 Å². The van der Waals surface area contributed by atoms with Gasteiger partial charge in [-0.3, -0.25) is 0 Å². The zero-order valence-electron chi connectivity index (χ0n) is 9.95. The Morgan fingerprint density at radius 3 is 2.88 bits per heavy atom. The Hall–Kier alpha value is -0.790. The van der Waals surface area contributed by atoms with Crippen LogP contribution < -0.4 is 0 Å². The van der Waals surface area contributed by atoms with Gasteiger partial charge < -0.3 is 4.74 Å². The molecular formula is C14H20O2. The Kier molecular flexibility index (Phi) is 2.17. The van der Waals surface area contributed by atoms with Crippen molar-refractivity contribution in [1.29, 1.82) is 0 Å². The summed E-state index contributed by atoms with van der Waals surface area (Å²) in [6.07, 6.45) is 7.57. The average Bonchev–Trinajstić information content (AvgIpc) is 2.45. The number of hydrogen-bond acceptors (Lipinski definition) is 2. The molecule has 3 saturated carbocycles. The van der Waals surface area contributed by atoms with E-state index >= 15 is 0 Å². The summed E-state index contributed by atoms with van der Waals surface area (Å²) < 4.78 is 5.60. The molecule has 5 unspecified atom stereocenters. The van der Waals surface area contributed by atoms with Crippen LogP contribution in [0.15, 0.2) is 12.7 Å². The number of carbonyl (C=O) groups excluding carboxylic acids is 1. The van der Waals surface area contributed by atoms with Crippen molar-refractivity contribution in [2.75, 3.05) is 0 Å². The van der Waals surface area contributed by atoms with Gasteiger partial charge in [0.25, 0.3) is 0 Å². The molecule has 2 bridgehead atoms. The number of hydrogen-bond donors (Lipinski definition) is 0. The molecule has 5 atom stereocenters. The first kappa shape index (κ1) is 10.4. The third kappa shape index (κ3) is 1.50. The van der Waals surface area contributed by atoms with Gasteiger partial charge in [0.15, 0.2) is 0 Å². The normalized spacial score (nSPS) is 49.1. The number of rotatable bonds is 2. The van der Waals surface area contributed by atoms with E-state index in [2.05, 4.69) is 13.5 Å². The molecule has 0 aromatic heterocycles. The highest BCUT2D eigenvalue weighted by Crippen LogP contribution is 2.60. The van der Waals surface area contributed by atoms with Crippen LogP contribution in [0.3, 0.4) is 0 Å². The van der Waals surface area contributed by atoms with E-state index in [1.165, 1.54) is 25.3 Å². The largest absolute Gasteiger partial charge is 0.456 e. The molecule has 0 amide bonds. The van der Waals surface area contributed by atoms with Gasteiger partial charge in [-0.15, -0.1) is 0 Å². The third-order valence-electron chi connectivity index (χ3n) is 4.99. The lowest BCUT2D eigenvalue weighted by Crippen LogP contribution is -2.42. The van der Waals surface area contributed by atoms with E-state index in [0.29, 0.717) is 0 Å². The van der Waals surface area contributed by atoms with Crippen molar-refractivity contribution in [3.05, 3.63) is 12.7 Å². The molecular weight excluding hydrogens is 200 g/mol. The fourth-order valence-electron chi connectivity index (χ4n) is 4.51. The summed E-state index contributed by atoms with van der Waals surface area (Å²) in [7, 11) is 0. The fourth-order valence-corrected chi connectivity index (χ4v) is 4.51. The SMILES string of the molecule is C=CC(=O)OC1(C)CC2CC3CC(C1)C3C2. The summed E-state index contributed by atoms with van der Waals surface area (Å²) >= 11 is 0. The maximum atomic E-state index is 11.4. The minimum atomic E-state index is -0.254. The van der Waals surface area contributed by atoms with Gasteiger partial charge in [-0.05, 0) is 62.7 Å². The fraction of sp³-hybridized carbons (Fsp3) is 0.786. The summed E-state index contributed by atoms with van der Waals surface area (Å²) in [4.78, 5) is 11.4. The lowest BCUT2D eigenvalue weighted by Gasteiger charge is -2.45. The van der Waals surface area contributed by atoms with E-state index in [1.54, 1.807) is 0 Å². The zero-order valence-corrected chi connectivity index (χ0v) is 9.95. The van der Waals surface area contributed by atoms with Crippen molar-refractivity contribution >= 4 is 5.97 Å². The van der Waals surface area contributed by atoms with Gasteiger partial charge in [-0.1, -0.05) is 6.58 Å². The molecule has 0 spiro atoms. The highest BCUT2D eigenvalue weighted by molar-refractivity contribution is 5.81. The molecule has 0 radical (unpaired) electrons. The standard InChI is InChI=1S/C14H20O2/c1-3-13(15)16-14(2)7-9-4-10-6-11(8-14)12(10)5-9/h3,9-12H,1,4-8H2,2H3. The molecule has 3 aliphatic rings. The van der Waals surface area contributed by atoms with Crippen LogP contribution in [0.25, 0.3) is 0 Å². The van der Waals surface area contributed by atoms with E-state index in [9.17, 15) is 4.79 Å². The van der Waals surface area contributed by atoms with E-state index < -0.39 is 0 Å². The number of fused-ring (bicyclic) bond motifs is 1. The summed E-state index contributed by atoms with van der Waals surface area (Å²) in [6.45, 7) is 5.60. The minimum Gasteiger partial charge on any atom is -0.456 e. The second kappa shape index (κ2) is 3.35. The van der Waals surface area contributed by atoms with Crippen LogP contribution >= 0.6 is 0 Å². The minimum absolute atomic E-state index is 0.221. The van der Waals surface area contributed by atoms with E-state index in [4.69, 9.17) is 4.74 Å². The first-order valence-corrected chi connectivity index (χ1v) is 6.45.